The Morgan fingerprint density at radius 2 is 0.838 bits per heavy atom. The van der Waals surface area contributed by atoms with Crippen molar-refractivity contribution >= 4 is 5.97 Å². The van der Waals surface area contributed by atoms with Crippen LogP contribution in [0.25, 0.3) is 0 Å². The summed E-state index contributed by atoms with van der Waals surface area (Å²) in [5, 5.41) is 24.5. The number of hydrogen-bond acceptors (Lipinski definition) is 13. The molecule has 0 aliphatic heterocycles. The Hall–Kier alpha value is -1.23. The number of aliphatic hydroxyl groups is 3. The lowest BCUT2D eigenvalue weighted by Gasteiger charge is -2.08. The van der Waals surface area contributed by atoms with Crippen molar-refractivity contribution < 1.29 is 62.7 Å². The minimum absolute atomic E-state index is 0.0238. The van der Waals surface area contributed by atoms with Crippen LogP contribution < -0.4 is 0 Å². The summed E-state index contributed by atoms with van der Waals surface area (Å²) in [5.41, 5.74) is 0. The Bertz CT molecular complexity index is 452. The van der Waals surface area contributed by atoms with Gasteiger partial charge >= 0.3 is 5.97 Å². The number of hydrogen-bond donors (Lipinski definition) is 3. The van der Waals surface area contributed by atoms with Crippen molar-refractivity contribution in [3.8, 4) is 0 Å². The van der Waals surface area contributed by atoms with E-state index < -0.39 is 12.1 Å². The highest BCUT2D eigenvalue weighted by Gasteiger charge is 1.96. The Kier molecular flexibility index (Phi) is 35.6. The predicted octanol–water partition coefficient (Wildman–Crippen LogP) is -0.800. The Balaban J connectivity index is 0. The lowest BCUT2D eigenvalue weighted by Crippen LogP contribution is -2.15. The quantitative estimate of drug-likeness (QED) is 0.0638. The molecule has 0 radical (unpaired) electrons. The fourth-order valence-electron chi connectivity index (χ4n) is 1.97. The Labute approximate surface area is 220 Å². The molecule has 0 heterocycles. The number of carbonyl (C=O) groups excluding carboxylic acids is 1. The molecule has 0 rings (SSSR count). The van der Waals surface area contributed by atoms with Crippen LogP contribution in [-0.2, 0) is 47.4 Å². The topological polar surface area (TPSA) is 161 Å². The lowest BCUT2D eigenvalue weighted by atomic mass is 10.5. The number of aliphatic hydroxyl groups excluding tert-OH is 3. The number of esters is 1. The highest BCUT2D eigenvalue weighted by molar-refractivity contribution is 5.81. The van der Waals surface area contributed by atoms with Crippen molar-refractivity contribution in [3.63, 3.8) is 0 Å². The van der Waals surface area contributed by atoms with Crippen molar-refractivity contribution in [2.75, 3.05) is 126 Å². The van der Waals surface area contributed by atoms with Crippen LogP contribution in [0.1, 0.15) is 6.92 Å². The fraction of sp³-hybridized carbons (Fsp3) is 0.875. The van der Waals surface area contributed by atoms with E-state index in [-0.39, 0.29) is 19.8 Å². The minimum atomic E-state index is -0.560. The van der Waals surface area contributed by atoms with Crippen molar-refractivity contribution in [1.82, 2.24) is 0 Å². The van der Waals surface area contributed by atoms with Gasteiger partial charge in [0.25, 0.3) is 0 Å². The van der Waals surface area contributed by atoms with Gasteiger partial charge < -0.3 is 58.0 Å². The van der Waals surface area contributed by atoms with Gasteiger partial charge in [0.2, 0.25) is 0 Å². The van der Waals surface area contributed by atoms with Gasteiger partial charge in [0.1, 0.15) is 6.61 Å². The van der Waals surface area contributed by atoms with Crippen LogP contribution in [0.2, 0.25) is 0 Å². The van der Waals surface area contributed by atoms with Crippen LogP contribution in [0.15, 0.2) is 12.7 Å². The molecule has 0 saturated heterocycles. The zero-order chi connectivity index (χ0) is 27.7. The number of carbonyl (C=O) groups is 1. The molecule has 0 fully saturated rings. The molecule has 222 valence electrons. The summed E-state index contributed by atoms with van der Waals surface area (Å²) >= 11 is 0. The van der Waals surface area contributed by atoms with E-state index in [0.717, 1.165) is 6.08 Å². The first-order valence-corrected chi connectivity index (χ1v) is 12.4. The third-order valence-electron chi connectivity index (χ3n) is 3.74. The van der Waals surface area contributed by atoms with Gasteiger partial charge in [-0.3, -0.25) is 0 Å². The molecule has 37 heavy (non-hydrogen) atoms. The van der Waals surface area contributed by atoms with Gasteiger partial charge in [-0.2, -0.15) is 0 Å². The molecule has 0 aromatic rings. The molecular weight excluding hydrogens is 496 g/mol. The maximum Gasteiger partial charge on any atom is 0.330 e. The summed E-state index contributed by atoms with van der Waals surface area (Å²) in [6.45, 7) is 12.3. The molecule has 13 nitrogen and oxygen atoms in total. The lowest BCUT2D eigenvalue weighted by molar-refractivity contribution is -0.139. The van der Waals surface area contributed by atoms with Crippen LogP contribution in [-0.4, -0.2) is 153 Å². The van der Waals surface area contributed by atoms with Crippen LogP contribution in [0, 0.1) is 0 Å². The van der Waals surface area contributed by atoms with Gasteiger partial charge in [0.15, 0.2) is 0 Å². The maximum absolute atomic E-state index is 10.8. The molecule has 1 atom stereocenters. The fourth-order valence-corrected chi connectivity index (χ4v) is 1.97. The maximum atomic E-state index is 10.8. The largest absolute Gasteiger partial charge is 0.460 e. The summed E-state index contributed by atoms with van der Waals surface area (Å²) in [7, 11) is 0. The Morgan fingerprint density at radius 3 is 1.05 bits per heavy atom. The van der Waals surface area contributed by atoms with E-state index in [9.17, 15) is 4.79 Å². The first-order chi connectivity index (χ1) is 18.1. The Morgan fingerprint density at radius 1 is 0.595 bits per heavy atom. The normalized spacial score (nSPS) is 11.6. The zero-order valence-electron chi connectivity index (χ0n) is 22.2. The van der Waals surface area contributed by atoms with E-state index in [1.54, 1.807) is 0 Å². The van der Waals surface area contributed by atoms with Crippen molar-refractivity contribution in [2.24, 2.45) is 0 Å². The average molecular weight is 545 g/mol. The molecule has 0 aliphatic carbocycles. The molecule has 3 N–H and O–H groups in total. The summed E-state index contributed by atoms with van der Waals surface area (Å²) in [4.78, 5) is 10.8. The smallest absolute Gasteiger partial charge is 0.330 e. The molecule has 0 spiro atoms. The second-order valence-corrected chi connectivity index (χ2v) is 7.03. The van der Waals surface area contributed by atoms with Gasteiger partial charge in [0.05, 0.1) is 125 Å². The van der Waals surface area contributed by atoms with Gasteiger partial charge in [-0.05, 0) is 6.92 Å². The van der Waals surface area contributed by atoms with E-state index in [2.05, 4.69) is 6.58 Å². The van der Waals surface area contributed by atoms with E-state index in [4.69, 9.17) is 58.0 Å². The second kappa shape index (κ2) is 34.8. The van der Waals surface area contributed by atoms with Crippen LogP contribution in [0.5, 0.6) is 0 Å². The van der Waals surface area contributed by atoms with E-state index >= 15 is 0 Å². The molecule has 0 aliphatic rings. The van der Waals surface area contributed by atoms with Crippen LogP contribution in [0.3, 0.4) is 0 Å². The summed E-state index contributed by atoms with van der Waals surface area (Å²) in [5.74, 6) is -0.458. The molecule has 0 amide bonds. The zero-order valence-corrected chi connectivity index (χ0v) is 22.2. The number of rotatable bonds is 28. The van der Waals surface area contributed by atoms with Gasteiger partial charge in [-0.25, -0.2) is 4.79 Å². The highest BCUT2D eigenvalue weighted by Crippen LogP contribution is 1.86. The first-order valence-electron chi connectivity index (χ1n) is 12.4. The van der Waals surface area contributed by atoms with Gasteiger partial charge in [0, 0.05) is 6.08 Å². The molecule has 0 saturated carbocycles. The van der Waals surface area contributed by atoms with Gasteiger partial charge in [-0.1, -0.05) is 6.58 Å². The van der Waals surface area contributed by atoms with E-state index in [1.165, 1.54) is 6.92 Å². The van der Waals surface area contributed by atoms with E-state index in [0.29, 0.717) is 106 Å². The van der Waals surface area contributed by atoms with Crippen molar-refractivity contribution in [1.29, 1.82) is 0 Å². The second-order valence-electron chi connectivity index (χ2n) is 7.03. The van der Waals surface area contributed by atoms with Gasteiger partial charge in [-0.15, -0.1) is 0 Å². The average Bonchev–Trinajstić information content (AvgIpc) is 2.90. The number of ether oxygens (including phenoxy) is 9. The SMILES string of the molecule is C=CC(=O)OCCOCCOCCOCCOCCOCCOCCOCCOCCO.CC(O)CO. The standard InChI is InChI=1S/C21H40O11.C3H8O2/c1-2-21(23)32-20-19-31-18-17-30-16-15-29-14-13-28-12-11-27-10-9-26-8-7-25-6-5-24-4-3-22;1-3(5)2-4/h2,22H,1,3-20H2;3-5H,2H2,1H3. The molecular formula is C24H48O13. The monoisotopic (exact) mass is 544 g/mol. The first kappa shape index (κ1) is 37.9. The highest BCUT2D eigenvalue weighted by atomic mass is 16.6. The summed E-state index contributed by atoms with van der Waals surface area (Å²) < 4.78 is 47.3. The van der Waals surface area contributed by atoms with E-state index in [1.807, 2.05) is 0 Å². The third kappa shape index (κ3) is 39.4. The molecule has 1 unspecified atom stereocenters. The molecule has 0 bridgehead atoms. The molecule has 0 aromatic heterocycles. The third-order valence-corrected chi connectivity index (χ3v) is 3.74. The van der Waals surface area contributed by atoms with Crippen LogP contribution >= 0.6 is 0 Å². The molecule has 13 heteroatoms. The summed E-state index contributed by atoms with van der Waals surface area (Å²) in [6.07, 6.45) is 0.551. The van der Waals surface area contributed by atoms with Crippen molar-refractivity contribution in [3.05, 3.63) is 12.7 Å². The molecule has 0 aromatic carbocycles. The minimum Gasteiger partial charge on any atom is -0.460 e. The van der Waals surface area contributed by atoms with Crippen molar-refractivity contribution in [2.45, 2.75) is 13.0 Å². The van der Waals surface area contributed by atoms with Crippen LogP contribution in [0.4, 0.5) is 0 Å². The summed E-state index contributed by atoms with van der Waals surface area (Å²) in [6, 6.07) is 0. The predicted molar refractivity (Wildman–Crippen MR) is 134 cm³/mol.